The maximum absolute atomic E-state index is 12.8. The molecule has 9 heteroatoms. The molecule has 8 nitrogen and oxygen atoms in total. The molecule has 1 saturated heterocycles. The molecule has 1 aromatic heterocycles. The molecule has 0 bridgehead atoms. The third-order valence-corrected chi connectivity index (χ3v) is 5.52. The van der Waals surface area contributed by atoms with Crippen molar-refractivity contribution in [1.82, 2.24) is 19.2 Å². The Morgan fingerprint density at radius 3 is 2.71 bits per heavy atom. The van der Waals surface area contributed by atoms with E-state index >= 15 is 0 Å². The Morgan fingerprint density at radius 1 is 1.32 bits per heavy atom. The Labute approximate surface area is 165 Å². The highest BCUT2D eigenvalue weighted by molar-refractivity contribution is 7.88. The van der Waals surface area contributed by atoms with E-state index in [1.807, 2.05) is 17.8 Å². The third-order valence-electron chi connectivity index (χ3n) is 4.83. The average Bonchev–Trinajstić information content (AvgIpc) is 3.09. The lowest BCUT2D eigenvalue weighted by Gasteiger charge is -2.32. The molecule has 2 aromatic rings. The van der Waals surface area contributed by atoms with Gasteiger partial charge >= 0.3 is 0 Å². The first kappa shape index (κ1) is 20.3. The second-order valence-corrected chi connectivity index (χ2v) is 8.98. The maximum atomic E-state index is 12.8. The summed E-state index contributed by atoms with van der Waals surface area (Å²) in [5, 5.41) is 0. The fourth-order valence-corrected chi connectivity index (χ4v) is 3.78. The number of hydrogen-bond donors (Lipinski definition) is 1. The fourth-order valence-electron chi connectivity index (χ4n) is 3.25. The highest BCUT2D eigenvalue weighted by Gasteiger charge is 2.25. The van der Waals surface area contributed by atoms with Gasteiger partial charge in [-0.2, -0.15) is 0 Å². The van der Waals surface area contributed by atoms with Crippen LogP contribution in [0.25, 0.3) is 0 Å². The number of ether oxygens (including phenoxy) is 1. The number of likely N-dealkylation sites (tertiary alicyclic amines) is 1. The number of benzene rings is 1. The molecule has 2 heterocycles. The van der Waals surface area contributed by atoms with E-state index in [2.05, 4.69) is 9.71 Å². The number of piperidine rings is 1. The van der Waals surface area contributed by atoms with Gasteiger partial charge in [-0.3, -0.25) is 4.79 Å². The van der Waals surface area contributed by atoms with E-state index in [-0.39, 0.29) is 11.8 Å². The molecule has 1 aliphatic heterocycles. The number of nitrogens with zero attached hydrogens (tertiary/aromatic N) is 3. The molecule has 0 saturated carbocycles. The largest absolute Gasteiger partial charge is 0.486 e. The lowest BCUT2D eigenvalue weighted by Crippen LogP contribution is -2.43. The Hall–Kier alpha value is -2.39. The zero-order valence-corrected chi connectivity index (χ0v) is 17.0. The van der Waals surface area contributed by atoms with Crippen LogP contribution >= 0.6 is 0 Å². The molecule has 1 aliphatic rings. The van der Waals surface area contributed by atoms with Crippen molar-refractivity contribution < 1.29 is 17.9 Å². The Kier molecular flexibility index (Phi) is 6.35. The standard InChI is InChI=1S/C19H26N4O4S/c1-22-11-9-20-18(22)14-27-17-7-5-16(6-8-17)19(24)23-10-3-4-15(13-23)12-21-28(2,25)26/h5-9,11,15,21H,3-4,10,12-14H2,1-2H3/t15-/m1/s1. The van der Waals surface area contributed by atoms with Crippen LogP contribution in [0.3, 0.4) is 0 Å². The summed E-state index contributed by atoms with van der Waals surface area (Å²) in [6.45, 7) is 1.96. The molecule has 3 rings (SSSR count). The summed E-state index contributed by atoms with van der Waals surface area (Å²) in [6.07, 6.45) is 6.50. The van der Waals surface area contributed by atoms with Crippen LogP contribution in [-0.4, -0.2) is 54.7 Å². The van der Waals surface area contributed by atoms with Crippen LogP contribution in [0.5, 0.6) is 5.75 Å². The number of nitrogens with one attached hydrogen (secondary N) is 1. The molecule has 1 aromatic carbocycles. The van der Waals surface area contributed by atoms with Crippen LogP contribution in [-0.2, 0) is 23.7 Å². The lowest BCUT2D eigenvalue weighted by molar-refractivity contribution is 0.0676. The van der Waals surface area contributed by atoms with Gasteiger partial charge in [0.2, 0.25) is 10.0 Å². The molecular weight excluding hydrogens is 380 g/mol. The molecule has 1 amide bonds. The lowest BCUT2D eigenvalue weighted by atomic mass is 9.97. The second kappa shape index (κ2) is 8.74. The maximum Gasteiger partial charge on any atom is 0.253 e. The first-order valence-corrected chi connectivity index (χ1v) is 11.1. The number of amides is 1. The van der Waals surface area contributed by atoms with Crippen LogP contribution in [0.4, 0.5) is 0 Å². The number of hydrogen-bond acceptors (Lipinski definition) is 5. The zero-order chi connectivity index (χ0) is 20.1. The molecule has 28 heavy (non-hydrogen) atoms. The van der Waals surface area contributed by atoms with Crippen molar-refractivity contribution in [2.24, 2.45) is 13.0 Å². The van der Waals surface area contributed by atoms with Crippen molar-refractivity contribution in [2.45, 2.75) is 19.4 Å². The molecule has 0 radical (unpaired) electrons. The molecule has 152 valence electrons. The van der Waals surface area contributed by atoms with Crippen molar-refractivity contribution >= 4 is 15.9 Å². The summed E-state index contributed by atoms with van der Waals surface area (Å²) >= 11 is 0. The van der Waals surface area contributed by atoms with Crippen molar-refractivity contribution in [1.29, 1.82) is 0 Å². The monoisotopic (exact) mass is 406 g/mol. The molecule has 0 spiro atoms. The molecular formula is C19H26N4O4S. The van der Waals surface area contributed by atoms with E-state index < -0.39 is 10.0 Å². The highest BCUT2D eigenvalue weighted by Crippen LogP contribution is 2.20. The number of carbonyl (C=O) groups is 1. The van der Waals surface area contributed by atoms with Crippen LogP contribution in [0.1, 0.15) is 29.0 Å². The first-order valence-electron chi connectivity index (χ1n) is 9.25. The van der Waals surface area contributed by atoms with Gasteiger partial charge in [-0.1, -0.05) is 0 Å². The van der Waals surface area contributed by atoms with Crippen molar-refractivity contribution in [3.8, 4) is 5.75 Å². The van der Waals surface area contributed by atoms with E-state index in [1.54, 1.807) is 35.4 Å². The van der Waals surface area contributed by atoms with Gasteiger partial charge in [0.05, 0.1) is 6.26 Å². The normalized spacial score (nSPS) is 17.5. The van der Waals surface area contributed by atoms with Gasteiger partial charge in [0.1, 0.15) is 18.2 Å². The molecule has 1 N–H and O–H groups in total. The smallest absolute Gasteiger partial charge is 0.253 e. The summed E-state index contributed by atoms with van der Waals surface area (Å²) in [5.41, 5.74) is 0.598. The van der Waals surface area contributed by atoms with Gasteiger partial charge in [-0.15, -0.1) is 0 Å². The van der Waals surface area contributed by atoms with Gasteiger partial charge in [0.25, 0.3) is 5.91 Å². The van der Waals surface area contributed by atoms with Gasteiger partial charge in [-0.05, 0) is 43.0 Å². The molecule has 1 atom stereocenters. The van der Waals surface area contributed by atoms with E-state index in [0.29, 0.717) is 37.6 Å². The minimum atomic E-state index is -3.22. The average molecular weight is 407 g/mol. The SMILES string of the molecule is Cn1ccnc1COc1ccc(C(=O)N2CCC[C@H](CNS(C)(=O)=O)C2)cc1. The van der Waals surface area contributed by atoms with Gasteiger partial charge in [-0.25, -0.2) is 18.1 Å². The van der Waals surface area contributed by atoms with E-state index in [1.165, 1.54) is 0 Å². The molecule has 1 fully saturated rings. The number of aromatic nitrogens is 2. The van der Waals surface area contributed by atoms with Crippen LogP contribution in [0.15, 0.2) is 36.7 Å². The number of aryl methyl sites for hydroxylation is 1. The third kappa shape index (κ3) is 5.56. The Bertz CT molecular complexity index is 908. The van der Waals surface area contributed by atoms with E-state index in [0.717, 1.165) is 24.9 Å². The van der Waals surface area contributed by atoms with Gasteiger partial charge in [0, 0.05) is 44.6 Å². The van der Waals surface area contributed by atoms with Gasteiger partial charge < -0.3 is 14.2 Å². The fraction of sp³-hybridized carbons (Fsp3) is 0.474. The second-order valence-electron chi connectivity index (χ2n) is 7.15. The summed E-state index contributed by atoms with van der Waals surface area (Å²) < 4.78 is 32.7. The number of rotatable bonds is 7. The van der Waals surface area contributed by atoms with Crippen molar-refractivity contribution in [2.75, 3.05) is 25.9 Å². The quantitative estimate of drug-likeness (QED) is 0.750. The predicted molar refractivity (Wildman–Crippen MR) is 105 cm³/mol. The summed E-state index contributed by atoms with van der Waals surface area (Å²) in [5.74, 6) is 1.59. The topological polar surface area (TPSA) is 93.5 Å². The van der Waals surface area contributed by atoms with E-state index in [4.69, 9.17) is 4.74 Å². The first-order chi connectivity index (χ1) is 13.3. The minimum absolute atomic E-state index is 0.0419. The van der Waals surface area contributed by atoms with Crippen molar-refractivity contribution in [3.05, 3.63) is 48.0 Å². The minimum Gasteiger partial charge on any atom is -0.486 e. The van der Waals surface area contributed by atoms with Crippen molar-refractivity contribution in [3.63, 3.8) is 0 Å². The summed E-state index contributed by atoms with van der Waals surface area (Å²) in [4.78, 5) is 18.8. The molecule has 0 aliphatic carbocycles. The number of carbonyl (C=O) groups excluding carboxylic acids is 1. The highest BCUT2D eigenvalue weighted by atomic mass is 32.2. The van der Waals surface area contributed by atoms with E-state index in [9.17, 15) is 13.2 Å². The van der Waals surface area contributed by atoms with Gasteiger partial charge in [0.15, 0.2) is 0 Å². The Balaban J connectivity index is 1.55. The van der Waals surface area contributed by atoms with Crippen LogP contribution in [0, 0.1) is 5.92 Å². The molecule has 0 unspecified atom stereocenters. The van der Waals surface area contributed by atoms with Crippen LogP contribution < -0.4 is 9.46 Å². The van der Waals surface area contributed by atoms with Crippen LogP contribution in [0.2, 0.25) is 0 Å². The summed E-state index contributed by atoms with van der Waals surface area (Å²) in [7, 11) is -1.31. The number of imidazole rings is 1. The predicted octanol–water partition coefficient (Wildman–Crippen LogP) is 1.40. The zero-order valence-electron chi connectivity index (χ0n) is 16.2. The summed E-state index contributed by atoms with van der Waals surface area (Å²) in [6, 6.07) is 7.08. The number of sulfonamides is 1. The Morgan fingerprint density at radius 2 is 2.07 bits per heavy atom.